The van der Waals surface area contributed by atoms with Crippen LogP contribution in [0, 0.1) is 23.4 Å². The number of ether oxygens (including phenoxy) is 1. The molecule has 2 atom stereocenters. The second-order valence-corrected chi connectivity index (χ2v) is 5.88. The van der Waals surface area contributed by atoms with E-state index < -0.39 is 29.5 Å². The third-order valence-corrected chi connectivity index (χ3v) is 4.19. The minimum Gasteiger partial charge on any atom is -0.381 e. The van der Waals surface area contributed by atoms with Gasteiger partial charge in [-0.05, 0) is 50.3 Å². The van der Waals surface area contributed by atoms with Crippen LogP contribution in [-0.4, -0.2) is 25.3 Å². The number of rotatable bonds is 4. The minimum atomic E-state index is -1.52. The van der Waals surface area contributed by atoms with E-state index in [1.807, 2.05) is 6.92 Å². The fraction of sp³-hybridized carbons (Fsp3) is 0.562. The smallest absolute Gasteiger partial charge is 0.315 e. The predicted octanol–water partition coefficient (Wildman–Crippen LogP) is 3.28. The Labute approximate surface area is 133 Å². The van der Waals surface area contributed by atoms with Gasteiger partial charge in [-0.25, -0.2) is 18.0 Å². The van der Waals surface area contributed by atoms with Gasteiger partial charge in [0.1, 0.15) is 0 Å². The molecule has 0 spiro atoms. The summed E-state index contributed by atoms with van der Waals surface area (Å²) >= 11 is 0. The van der Waals surface area contributed by atoms with Crippen molar-refractivity contribution in [2.24, 2.45) is 5.92 Å². The lowest BCUT2D eigenvalue weighted by molar-refractivity contribution is 0.0570. The van der Waals surface area contributed by atoms with Crippen molar-refractivity contribution in [3.05, 3.63) is 35.1 Å². The summed E-state index contributed by atoms with van der Waals surface area (Å²) < 4.78 is 44.7. The maximum Gasteiger partial charge on any atom is 0.315 e. The zero-order valence-electron chi connectivity index (χ0n) is 13.2. The number of benzene rings is 1. The summed E-state index contributed by atoms with van der Waals surface area (Å²) in [5.41, 5.74) is 0.162. The molecular formula is C16H21F3N2O2. The Morgan fingerprint density at radius 3 is 2.26 bits per heavy atom. The van der Waals surface area contributed by atoms with Crippen LogP contribution in [0.5, 0.6) is 0 Å². The van der Waals surface area contributed by atoms with Gasteiger partial charge in [0.2, 0.25) is 0 Å². The van der Waals surface area contributed by atoms with E-state index in [0.717, 1.165) is 25.0 Å². The van der Waals surface area contributed by atoms with Crippen LogP contribution in [0.4, 0.5) is 18.0 Å². The lowest BCUT2D eigenvalue weighted by Gasteiger charge is -2.29. The van der Waals surface area contributed by atoms with Crippen molar-refractivity contribution in [2.75, 3.05) is 13.2 Å². The largest absolute Gasteiger partial charge is 0.381 e. The van der Waals surface area contributed by atoms with Crippen molar-refractivity contribution in [3.63, 3.8) is 0 Å². The van der Waals surface area contributed by atoms with Crippen molar-refractivity contribution in [1.29, 1.82) is 0 Å². The molecule has 1 heterocycles. The molecule has 1 aliphatic heterocycles. The Hall–Kier alpha value is -1.76. The van der Waals surface area contributed by atoms with Crippen molar-refractivity contribution in [2.45, 2.75) is 38.8 Å². The highest BCUT2D eigenvalue weighted by Gasteiger charge is 2.23. The molecule has 0 unspecified atom stereocenters. The maximum atomic E-state index is 13.2. The summed E-state index contributed by atoms with van der Waals surface area (Å²) in [5, 5.41) is 5.43. The molecule has 2 amide bonds. The van der Waals surface area contributed by atoms with E-state index in [0.29, 0.717) is 19.1 Å². The van der Waals surface area contributed by atoms with Crippen LogP contribution in [-0.2, 0) is 4.74 Å². The molecule has 2 N–H and O–H groups in total. The van der Waals surface area contributed by atoms with Gasteiger partial charge in [-0.3, -0.25) is 0 Å². The standard InChI is InChI=1S/C16H21F3N2O2/c1-9(11-3-5-23-6-4-11)20-16(22)21-10(2)12-7-13(17)15(19)14(18)8-12/h7-11H,3-6H2,1-2H3,(H2,20,21,22)/t9-,10+/m1/s1. The van der Waals surface area contributed by atoms with Gasteiger partial charge in [0.05, 0.1) is 6.04 Å². The van der Waals surface area contributed by atoms with E-state index in [9.17, 15) is 18.0 Å². The first-order valence-corrected chi connectivity index (χ1v) is 7.67. The molecule has 23 heavy (non-hydrogen) atoms. The maximum absolute atomic E-state index is 13.2. The number of nitrogens with one attached hydrogen (secondary N) is 2. The molecule has 1 aliphatic rings. The molecule has 1 aromatic carbocycles. The van der Waals surface area contributed by atoms with E-state index >= 15 is 0 Å². The summed E-state index contributed by atoms with van der Waals surface area (Å²) in [7, 11) is 0. The van der Waals surface area contributed by atoms with Crippen molar-refractivity contribution < 1.29 is 22.7 Å². The Bertz CT molecular complexity index is 539. The van der Waals surface area contributed by atoms with Crippen molar-refractivity contribution in [1.82, 2.24) is 10.6 Å². The number of hydrogen-bond donors (Lipinski definition) is 2. The molecule has 2 rings (SSSR count). The zero-order chi connectivity index (χ0) is 17.0. The van der Waals surface area contributed by atoms with Gasteiger partial charge in [0.25, 0.3) is 0 Å². The van der Waals surface area contributed by atoms with Crippen LogP contribution >= 0.6 is 0 Å². The average molecular weight is 330 g/mol. The first-order chi connectivity index (χ1) is 10.9. The van der Waals surface area contributed by atoms with Gasteiger partial charge < -0.3 is 15.4 Å². The highest BCUT2D eigenvalue weighted by Crippen LogP contribution is 2.20. The van der Waals surface area contributed by atoms with Crippen molar-refractivity contribution >= 4 is 6.03 Å². The number of carbonyl (C=O) groups is 1. The molecule has 7 heteroatoms. The molecular weight excluding hydrogens is 309 g/mol. The molecule has 128 valence electrons. The molecule has 0 aliphatic carbocycles. The van der Waals surface area contributed by atoms with Gasteiger partial charge in [0.15, 0.2) is 17.5 Å². The molecule has 0 radical (unpaired) electrons. The minimum absolute atomic E-state index is 0.0345. The molecule has 0 saturated carbocycles. The number of urea groups is 1. The quantitative estimate of drug-likeness (QED) is 0.833. The summed E-state index contributed by atoms with van der Waals surface area (Å²) in [6.07, 6.45) is 1.76. The molecule has 1 fully saturated rings. The van der Waals surface area contributed by atoms with Crippen LogP contribution in [0.1, 0.15) is 38.3 Å². The van der Waals surface area contributed by atoms with Crippen LogP contribution in [0.25, 0.3) is 0 Å². The highest BCUT2D eigenvalue weighted by atomic mass is 19.2. The number of hydrogen-bond acceptors (Lipinski definition) is 2. The Morgan fingerprint density at radius 1 is 1.13 bits per heavy atom. The SMILES string of the molecule is C[C@H](NC(=O)N[C@H](C)C1CCOCC1)c1cc(F)c(F)c(F)c1. The van der Waals surface area contributed by atoms with E-state index in [1.165, 1.54) is 0 Å². The van der Waals surface area contributed by atoms with Gasteiger partial charge in [0, 0.05) is 19.3 Å². The van der Waals surface area contributed by atoms with E-state index in [1.54, 1.807) is 6.92 Å². The second kappa shape index (κ2) is 7.68. The monoisotopic (exact) mass is 330 g/mol. The summed E-state index contributed by atoms with van der Waals surface area (Å²) in [6.45, 7) is 4.86. The average Bonchev–Trinajstić information content (AvgIpc) is 2.52. The number of amides is 2. The topological polar surface area (TPSA) is 50.4 Å². The van der Waals surface area contributed by atoms with Crippen LogP contribution in [0.3, 0.4) is 0 Å². The first kappa shape index (κ1) is 17.6. The van der Waals surface area contributed by atoms with E-state index in [4.69, 9.17) is 4.74 Å². The summed E-state index contributed by atoms with van der Waals surface area (Å²) in [4.78, 5) is 12.0. The normalized spacial score (nSPS) is 18.3. The lowest BCUT2D eigenvalue weighted by Crippen LogP contribution is -2.45. The fourth-order valence-corrected chi connectivity index (χ4v) is 2.69. The molecule has 0 bridgehead atoms. The van der Waals surface area contributed by atoms with Gasteiger partial charge in [-0.2, -0.15) is 0 Å². The number of halogens is 3. The highest BCUT2D eigenvalue weighted by molar-refractivity contribution is 5.74. The van der Waals surface area contributed by atoms with Crippen LogP contribution in [0.15, 0.2) is 12.1 Å². The van der Waals surface area contributed by atoms with Gasteiger partial charge >= 0.3 is 6.03 Å². The Balaban J connectivity index is 1.91. The molecule has 0 aromatic heterocycles. The van der Waals surface area contributed by atoms with E-state index in [2.05, 4.69) is 10.6 Å². The summed E-state index contributed by atoms with van der Waals surface area (Å²) in [5.74, 6) is -3.72. The lowest BCUT2D eigenvalue weighted by atomic mass is 9.93. The first-order valence-electron chi connectivity index (χ1n) is 7.67. The van der Waals surface area contributed by atoms with Gasteiger partial charge in [-0.15, -0.1) is 0 Å². The number of carbonyl (C=O) groups excluding carboxylic acids is 1. The Kier molecular flexibility index (Phi) is 5.87. The van der Waals surface area contributed by atoms with E-state index in [-0.39, 0.29) is 11.6 Å². The van der Waals surface area contributed by atoms with Crippen molar-refractivity contribution in [3.8, 4) is 0 Å². The molecule has 4 nitrogen and oxygen atoms in total. The molecule has 1 saturated heterocycles. The fourth-order valence-electron chi connectivity index (χ4n) is 2.69. The third-order valence-electron chi connectivity index (χ3n) is 4.19. The zero-order valence-corrected chi connectivity index (χ0v) is 13.2. The predicted molar refractivity (Wildman–Crippen MR) is 79.4 cm³/mol. The Morgan fingerprint density at radius 2 is 1.70 bits per heavy atom. The van der Waals surface area contributed by atoms with Gasteiger partial charge in [-0.1, -0.05) is 0 Å². The third kappa shape index (κ3) is 4.60. The van der Waals surface area contributed by atoms with Crippen LogP contribution < -0.4 is 10.6 Å². The second-order valence-electron chi connectivity index (χ2n) is 5.88. The molecule has 1 aromatic rings. The van der Waals surface area contributed by atoms with Crippen LogP contribution in [0.2, 0.25) is 0 Å². The summed E-state index contributed by atoms with van der Waals surface area (Å²) in [6, 6.07) is 0.646.